The molecule has 0 aromatic rings. The zero-order valence-electron chi connectivity index (χ0n) is 10.5. The van der Waals surface area contributed by atoms with Crippen LogP contribution >= 0.6 is 0 Å². The van der Waals surface area contributed by atoms with Crippen molar-refractivity contribution in [1.29, 1.82) is 0 Å². The topological polar surface area (TPSA) is 58.6 Å². The molecule has 2 rings (SSSR count). The van der Waals surface area contributed by atoms with Gasteiger partial charge in [-0.25, -0.2) is 4.79 Å². The van der Waals surface area contributed by atoms with Crippen molar-refractivity contribution < 1.29 is 14.3 Å². The predicted octanol–water partition coefficient (Wildman–Crippen LogP) is 1.13. The minimum Gasteiger partial charge on any atom is -0.381 e. The van der Waals surface area contributed by atoms with Crippen molar-refractivity contribution in [2.75, 3.05) is 19.8 Å². The zero-order chi connectivity index (χ0) is 12.5. The number of urea groups is 1. The second-order valence-electron chi connectivity index (χ2n) is 5.31. The van der Waals surface area contributed by atoms with Gasteiger partial charge in [-0.3, -0.25) is 10.1 Å². The summed E-state index contributed by atoms with van der Waals surface area (Å²) in [5.41, 5.74) is -0.706. The summed E-state index contributed by atoms with van der Waals surface area (Å²) in [6.45, 7) is 5.86. The number of hydrogen-bond acceptors (Lipinski definition) is 3. The summed E-state index contributed by atoms with van der Waals surface area (Å²) in [6, 6.07) is -0.257. The van der Waals surface area contributed by atoms with Gasteiger partial charge in [-0.15, -0.1) is 0 Å². The first-order valence-electron chi connectivity index (χ1n) is 6.22. The number of hydrogen-bond donors (Lipinski definition) is 1. The van der Waals surface area contributed by atoms with Gasteiger partial charge in [-0.1, -0.05) is 0 Å². The first kappa shape index (κ1) is 12.4. The van der Waals surface area contributed by atoms with Crippen molar-refractivity contribution in [2.24, 2.45) is 5.92 Å². The number of imide groups is 1. The van der Waals surface area contributed by atoms with E-state index < -0.39 is 5.54 Å². The zero-order valence-corrected chi connectivity index (χ0v) is 10.5. The standard InChI is InChI=1S/C12H20N2O3/c1-12(2)10(15)13-11(16)14(12)6-3-9-4-7-17-8-5-9/h9H,3-8H2,1-2H3,(H,13,15,16). The van der Waals surface area contributed by atoms with Crippen LogP contribution in [-0.2, 0) is 9.53 Å². The Kier molecular flexibility index (Phi) is 3.38. The largest absolute Gasteiger partial charge is 0.381 e. The average molecular weight is 240 g/mol. The fourth-order valence-electron chi connectivity index (χ4n) is 2.42. The maximum atomic E-state index is 11.6. The second-order valence-corrected chi connectivity index (χ2v) is 5.31. The SMILES string of the molecule is CC1(C)C(=O)NC(=O)N1CCC1CCOCC1. The molecular formula is C12H20N2O3. The van der Waals surface area contributed by atoms with E-state index in [-0.39, 0.29) is 11.9 Å². The maximum absolute atomic E-state index is 11.6. The van der Waals surface area contributed by atoms with Crippen LogP contribution in [0.4, 0.5) is 4.79 Å². The van der Waals surface area contributed by atoms with E-state index in [1.165, 1.54) is 0 Å². The normalized spacial score (nSPS) is 25.2. The highest BCUT2D eigenvalue weighted by molar-refractivity contribution is 6.06. The van der Waals surface area contributed by atoms with Crippen molar-refractivity contribution in [3.05, 3.63) is 0 Å². The number of carbonyl (C=O) groups excluding carboxylic acids is 2. The first-order valence-corrected chi connectivity index (χ1v) is 6.22. The van der Waals surface area contributed by atoms with Gasteiger partial charge >= 0.3 is 6.03 Å². The van der Waals surface area contributed by atoms with Crippen LogP contribution in [0.1, 0.15) is 33.1 Å². The summed E-state index contributed by atoms with van der Waals surface area (Å²) in [5, 5.41) is 2.37. The van der Waals surface area contributed by atoms with Gasteiger partial charge in [0.15, 0.2) is 0 Å². The van der Waals surface area contributed by atoms with E-state index in [9.17, 15) is 9.59 Å². The molecule has 0 unspecified atom stereocenters. The molecule has 2 heterocycles. The third-order valence-electron chi connectivity index (χ3n) is 3.80. The molecule has 0 aliphatic carbocycles. The second kappa shape index (κ2) is 4.64. The van der Waals surface area contributed by atoms with E-state index in [2.05, 4.69) is 5.32 Å². The van der Waals surface area contributed by atoms with E-state index in [1.807, 2.05) is 0 Å². The Morgan fingerprint density at radius 3 is 2.53 bits per heavy atom. The molecule has 17 heavy (non-hydrogen) atoms. The van der Waals surface area contributed by atoms with Crippen LogP contribution in [0.3, 0.4) is 0 Å². The van der Waals surface area contributed by atoms with Gasteiger partial charge in [-0.2, -0.15) is 0 Å². The van der Waals surface area contributed by atoms with E-state index >= 15 is 0 Å². The Morgan fingerprint density at radius 2 is 2.00 bits per heavy atom. The number of rotatable bonds is 3. The highest BCUT2D eigenvalue weighted by Crippen LogP contribution is 2.24. The maximum Gasteiger partial charge on any atom is 0.324 e. The smallest absolute Gasteiger partial charge is 0.324 e. The number of ether oxygens (including phenoxy) is 1. The van der Waals surface area contributed by atoms with E-state index in [4.69, 9.17) is 4.74 Å². The fourth-order valence-corrected chi connectivity index (χ4v) is 2.42. The molecule has 0 spiro atoms. The van der Waals surface area contributed by atoms with Crippen LogP contribution in [0.5, 0.6) is 0 Å². The van der Waals surface area contributed by atoms with Gasteiger partial charge in [0, 0.05) is 19.8 Å². The monoisotopic (exact) mass is 240 g/mol. The summed E-state index contributed by atoms with van der Waals surface area (Å²) < 4.78 is 5.30. The number of nitrogens with zero attached hydrogens (tertiary/aromatic N) is 1. The number of carbonyl (C=O) groups is 2. The van der Waals surface area contributed by atoms with Crippen molar-refractivity contribution >= 4 is 11.9 Å². The molecule has 5 nitrogen and oxygen atoms in total. The molecule has 3 amide bonds. The average Bonchev–Trinajstić information content (AvgIpc) is 2.48. The number of nitrogens with one attached hydrogen (secondary N) is 1. The number of amides is 3. The van der Waals surface area contributed by atoms with E-state index in [0.717, 1.165) is 32.5 Å². The summed E-state index contributed by atoms with van der Waals surface area (Å²) in [5.74, 6) is 0.414. The third-order valence-corrected chi connectivity index (χ3v) is 3.80. The van der Waals surface area contributed by atoms with Gasteiger partial charge in [0.25, 0.3) is 5.91 Å². The van der Waals surface area contributed by atoms with Crippen LogP contribution < -0.4 is 5.32 Å². The first-order chi connectivity index (χ1) is 8.01. The predicted molar refractivity (Wildman–Crippen MR) is 62.5 cm³/mol. The highest BCUT2D eigenvalue weighted by atomic mass is 16.5. The summed E-state index contributed by atoms with van der Waals surface area (Å²) >= 11 is 0. The molecule has 0 atom stereocenters. The molecule has 0 radical (unpaired) electrons. The summed E-state index contributed by atoms with van der Waals surface area (Å²) in [4.78, 5) is 24.9. The van der Waals surface area contributed by atoms with Gasteiger partial charge in [-0.05, 0) is 39.0 Å². The lowest BCUT2D eigenvalue weighted by Gasteiger charge is -2.30. The van der Waals surface area contributed by atoms with Crippen molar-refractivity contribution in [1.82, 2.24) is 10.2 Å². The minimum atomic E-state index is -0.706. The molecule has 2 fully saturated rings. The summed E-state index contributed by atoms with van der Waals surface area (Å²) in [6.07, 6.45) is 3.07. The van der Waals surface area contributed by atoms with Crippen molar-refractivity contribution in [3.8, 4) is 0 Å². The molecule has 1 N–H and O–H groups in total. The van der Waals surface area contributed by atoms with Gasteiger partial charge < -0.3 is 9.64 Å². The molecule has 0 saturated carbocycles. The Balaban J connectivity index is 1.89. The Morgan fingerprint density at radius 1 is 1.35 bits per heavy atom. The molecular weight excluding hydrogens is 220 g/mol. The minimum absolute atomic E-state index is 0.200. The van der Waals surface area contributed by atoms with Crippen molar-refractivity contribution in [3.63, 3.8) is 0 Å². The Labute approximate surface area is 101 Å². The Bertz CT molecular complexity index is 322. The fraction of sp³-hybridized carbons (Fsp3) is 0.833. The Hall–Kier alpha value is -1.10. The lowest BCUT2D eigenvalue weighted by atomic mass is 9.95. The highest BCUT2D eigenvalue weighted by Gasteiger charge is 2.45. The van der Waals surface area contributed by atoms with Gasteiger partial charge in [0.2, 0.25) is 0 Å². The summed E-state index contributed by atoms with van der Waals surface area (Å²) in [7, 11) is 0. The molecule has 0 bridgehead atoms. The lowest BCUT2D eigenvalue weighted by Crippen LogP contribution is -2.45. The van der Waals surface area contributed by atoms with E-state index in [0.29, 0.717) is 12.5 Å². The van der Waals surface area contributed by atoms with Crippen LogP contribution in [0.25, 0.3) is 0 Å². The molecule has 96 valence electrons. The van der Waals surface area contributed by atoms with Gasteiger partial charge in [0.05, 0.1) is 0 Å². The van der Waals surface area contributed by atoms with Crippen LogP contribution in [-0.4, -0.2) is 42.1 Å². The van der Waals surface area contributed by atoms with E-state index in [1.54, 1.807) is 18.7 Å². The molecule has 2 aliphatic rings. The molecule has 2 saturated heterocycles. The van der Waals surface area contributed by atoms with Crippen molar-refractivity contribution in [2.45, 2.75) is 38.6 Å². The van der Waals surface area contributed by atoms with Crippen LogP contribution in [0.15, 0.2) is 0 Å². The van der Waals surface area contributed by atoms with Gasteiger partial charge in [0.1, 0.15) is 5.54 Å². The van der Waals surface area contributed by atoms with Crippen LogP contribution in [0.2, 0.25) is 0 Å². The molecule has 2 aliphatic heterocycles. The molecule has 5 heteroatoms. The quantitative estimate of drug-likeness (QED) is 0.752. The molecule has 0 aromatic carbocycles. The lowest BCUT2D eigenvalue weighted by molar-refractivity contribution is -0.125. The third kappa shape index (κ3) is 2.44. The molecule has 0 aromatic heterocycles. The van der Waals surface area contributed by atoms with Crippen LogP contribution in [0, 0.1) is 5.92 Å².